The first-order chi connectivity index (χ1) is 7.99. The predicted molar refractivity (Wildman–Crippen MR) is 70.7 cm³/mol. The molecule has 0 aromatic heterocycles. The van der Waals surface area contributed by atoms with Crippen LogP contribution in [-0.4, -0.2) is 12.5 Å². The number of nitrogens with zero attached hydrogens (tertiary/aromatic N) is 1. The molecule has 1 aromatic rings. The van der Waals surface area contributed by atoms with Gasteiger partial charge in [-0.25, -0.2) is 0 Å². The van der Waals surface area contributed by atoms with E-state index in [0.717, 1.165) is 0 Å². The van der Waals surface area contributed by atoms with E-state index in [-0.39, 0.29) is 16.6 Å². The number of benzene rings is 1. The van der Waals surface area contributed by atoms with Crippen LogP contribution in [0.4, 0.5) is 5.69 Å². The van der Waals surface area contributed by atoms with Crippen molar-refractivity contribution in [3.05, 3.63) is 38.3 Å². The quantitative estimate of drug-likeness (QED) is 0.860. The van der Waals surface area contributed by atoms with E-state index in [9.17, 15) is 4.79 Å². The Hall–Kier alpha value is -0.610. The number of nitrogens with one attached hydrogen (secondary N) is 1. The minimum Gasteiger partial charge on any atom is -0.280 e. The minimum atomic E-state index is -0.450. The number of carbonyl (C=O) groups excluding carboxylic acids is 1. The summed E-state index contributed by atoms with van der Waals surface area (Å²) in [6, 6.07) is 4.99. The van der Waals surface area contributed by atoms with Crippen LogP contribution < -0.4 is 10.4 Å². The first-order valence-corrected chi connectivity index (χ1v) is 6.08. The Balaban J connectivity index is 2.31. The van der Waals surface area contributed by atoms with Gasteiger partial charge >= 0.3 is 0 Å². The minimum absolute atomic E-state index is 0.00276. The molecule has 0 atom stereocenters. The maximum Gasteiger partial charge on any atom is 0.282 e. The molecular weight excluding hydrogens is 306 g/mol. The fourth-order valence-electron chi connectivity index (χ4n) is 1.35. The lowest BCUT2D eigenvalue weighted by Crippen LogP contribution is -2.47. The van der Waals surface area contributed by atoms with E-state index >= 15 is 0 Å². The van der Waals surface area contributed by atoms with Crippen LogP contribution in [0.1, 0.15) is 0 Å². The second kappa shape index (κ2) is 4.94. The van der Waals surface area contributed by atoms with Crippen molar-refractivity contribution in [2.45, 2.75) is 0 Å². The fraction of sp³-hybridized carbons (Fsp3) is 0.100. The van der Waals surface area contributed by atoms with Crippen molar-refractivity contribution in [1.82, 2.24) is 5.43 Å². The highest BCUT2D eigenvalue weighted by Crippen LogP contribution is 2.29. The Labute approximate surface area is 118 Å². The molecule has 2 rings (SSSR count). The summed E-state index contributed by atoms with van der Waals surface area (Å²) in [5, 5.41) is 2.66. The molecule has 0 radical (unpaired) electrons. The highest BCUT2D eigenvalue weighted by atomic mass is 35.5. The van der Waals surface area contributed by atoms with E-state index in [0.29, 0.717) is 15.7 Å². The van der Waals surface area contributed by atoms with Gasteiger partial charge in [-0.15, -0.1) is 0 Å². The van der Waals surface area contributed by atoms with Gasteiger partial charge in [0.1, 0.15) is 5.03 Å². The van der Waals surface area contributed by atoms with Gasteiger partial charge in [-0.3, -0.25) is 15.2 Å². The van der Waals surface area contributed by atoms with Crippen LogP contribution in [0.2, 0.25) is 10.0 Å². The van der Waals surface area contributed by atoms with E-state index in [2.05, 4.69) is 5.43 Å². The van der Waals surface area contributed by atoms with Gasteiger partial charge in [0, 0.05) is 0 Å². The summed E-state index contributed by atoms with van der Waals surface area (Å²) < 4.78 is 0. The molecule has 0 saturated heterocycles. The number of hydrogen-bond donors (Lipinski definition) is 1. The molecule has 1 aliphatic heterocycles. The van der Waals surface area contributed by atoms with Crippen LogP contribution in [0, 0.1) is 0 Å². The fourth-order valence-corrected chi connectivity index (χ4v) is 1.95. The van der Waals surface area contributed by atoms with Crippen molar-refractivity contribution in [1.29, 1.82) is 0 Å². The third-order valence-electron chi connectivity index (χ3n) is 2.19. The van der Waals surface area contributed by atoms with Gasteiger partial charge in [-0.2, -0.15) is 0 Å². The zero-order valence-electron chi connectivity index (χ0n) is 8.31. The van der Waals surface area contributed by atoms with Gasteiger partial charge in [0.05, 0.1) is 27.3 Å². The van der Waals surface area contributed by atoms with Gasteiger partial charge in [0.2, 0.25) is 0 Å². The summed E-state index contributed by atoms with van der Waals surface area (Å²) in [5.41, 5.74) is 3.25. The lowest BCUT2D eigenvalue weighted by molar-refractivity contribution is -0.117. The standard InChI is InChI=1S/C10H6Cl4N2O/c11-6-2-1-5(3-7(6)12)16-4-8(13)9(14)10(17)15-16/h1-3H,4H2,(H,15,17). The van der Waals surface area contributed by atoms with Crippen molar-refractivity contribution < 1.29 is 4.79 Å². The third-order valence-corrected chi connectivity index (χ3v) is 3.73. The smallest absolute Gasteiger partial charge is 0.280 e. The number of rotatable bonds is 1. The molecule has 0 saturated carbocycles. The third kappa shape index (κ3) is 2.63. The summed E-state index contributed by atoms with van der Waals surface area (Å²) in [5.74, 6) is -0.450. The van der Waals surface area contributed by atoms with E-state index < -0.39 is 5.91 Å². The molecule has 0 fully saturated rings. The molecule has 0 aliphatic carbocycles. The molecule has 3 nitrogen and oxygen atoms in total. The lowest BCUT2D eigenvalue weighted by Gasteiger charge is -2.29. The molecule has 1 heterocycles. The number of carbonyl (C=O) groups is 1. The molecule has 1 N–H and O–H groups in total. The molecule has 1 aliphatic rings. The average molecular weight is 312 g/mol. The molecule has 7 heteroatoms. The Kier molecular flexibility index (Phi) is 3.73. The number of amides is 1. The predicted octanol–water partition coefficient (Wildman–Crippen LogP) is 3.53. The number of halogens is 4. The van der Waals surface area contributed by atoms with Crippen molar-refractivity contribution in [2.75, 3.05) is 11.6 Å². The molecule has 17 heavy (non-hydrogen) atoms. The van der Waals surface area contributed by atoms with Crippen LogP contribution in [0.25, 0.3) is 0 Å². The van der Waals surface area contributed by atoms with Crippen molar-refractivity contribution in [3.63, 3.8) is 0 Å². The molecule has 0 unspecified atom stereocenters. The van der Waals surface area contributed by atoms with Gasteiger partial charge in [0.25, 0.3) is 5.91 Å². The number of hydrazine groups is 1. The van der Waals surface area contributed by atoms with E-state index in [4.69, 9.17) is 46.4 Å². The second-order valence-corrected chi connectivity index (χ2v) is 4.99. The Morgan fingerprint density at radius 2 is 1.82 bits per heavy atom. The van der Waals surface area contributed by atoms with Gasteiger partial charge in [-0.1, -0.05) is 46.4 Å². The highest BCUT2D eigenvalue weighted by molar-refractivity contribution is 6.48. The van der Waals surface area contributed by atoms with E-state index in [1.165, 1.54) is 0 Å². The summed E-state index contributed by atoms with van der Waals surface area (Å²) in [6.07, 6.45) is 0. The number of anilines is 1. The molecule has 1 amide bonds. The SMILES string of the molecule is O=C1NN(c2ccc(Cl)c(Cl)c2)CC(Cl)=C1Cl. The largest absolute Gasteiger partial charge is 0.282 e. The Morgan fingerprint density at radius 3 is 2.41 bits per heavy atom. The molecular formula is C10H6Cl4N2O. The number of hydrogen-bond acceptors (Lipinski definition) is 2. The molecule has 90 valence electrons. The summed E-state index contributed by atoms with van der Waals surface area (Å²) in [6.45, 7) is 0.282. The van der Waals surface area contributed by atoms with Gasteiger partial charge < -0.3 is 0 Å². The van der Waals surface area contributed by atoms with Crippen LogP contribution in [0.15, 0.2) is 28.3 Å². The normalized spacial score (nSPS) is 16.2. The van der Waals surface area contributed by atoms with E-state index in [1.54, 1.807) is 23.2 Å². The van der Waals surface area contributed by atoms with E-state index in [1.807, 2.05) is 0 Å². The van der Waals surface area contributed by atoms with Crippen LogP contribution in [0.3, 0.4) is 0 Å². The molecule has 0 bridgehead atoms. The van der Waals surface area contributed by atoms with Crippen LogP contribution in [-0.2, 0) is 4.79 Å². The second-order valence-electron chi connectivity index (χ2n) is 3.34. The lowest BCUT2D eigenvalue weighted by atomic mass is 10.3. The topological polar surface area (TPSA) is 32.3 Å². The van der Waals surface area contributed by atoms with Crippen molar-refractivity contribution >= 4 is 58.0 Å². The Morgan fingerprint density at radius 1 is 1.12 bits per heavy atom. The summed E-state index contributed by atoms with van der Waals surface area (Å²) >= 11 is 23.3. The highest BCUT2D eigenvalue weighted by Gasteiger charge is 2.23. The van der Waals surface area contributed by atoms with Crippen LogP contribution >= 0.6 is 46.4 Å². The zero-order valence-corrected chi connectivity index (χ0v) is 11.3. The monoisotopic (exact) mass is 310 g/mol. The maximum absolute atomic E-state index is 11.5. The van der Waals surface area contributed by atoms with Crippen molar-refractivity contribution in [2.24, 2.45) is 0 Å². The maximum atomic E-state index is 11.5. The average Bonchev–Trinajstić information content (AvgIpc) is 2.29. The zero-order chi connectivity index (χ0) is 12.6. The van der Waals surface area contributed by atoms with Crippen molar-refractivity contribution in [3.8, 4) is 0 Å². The summed E-state index contributed by atoms with van der Waals surface area (Å²) in [7, 11) is 0. The summed E-state index contributed by atoms with van der Waals surface area (Å²) in [4.78, 5) is 11.5. The van der Waals surface area contributed by atoms with Gasteiger partial charge in [0.15, 0.2) is 0 Å². The first kappa shape index (κ1) is 12.8. The first-order valence-electron chi connectivity index (χ1n) is 4.57. The molecule has 1 aromatic carbocycles. The Bertz CT molecular complexity index is 515. The van der Waals surface area contributed by atoms with Gasteiger partial charge in [-0.05, 0) is 18.2 Å². The molecule has 0 spiro atoms. The van der Waals surface area contributed by atoms with Crippen LogP contribution in [0.5, 0.6) is 0 Å².